The van der Waals surface area contributed by atoms with Gasteiger partial charge in [0.2, 0.25) is 0 Å². The maximum Gasteiger partial charge on any atom is 0.313 e. The summed E-state index contributed by atoms with van der Waals surface area (Å²) in [7, 11) is 1.45. The second kappa shape index (κ2) is 5.49. The van der Waals surface area contributed by atoms with Crippen LogP contribution in [-0.4, -0.2) is 52.0 Å². The molecule has 0 atom stereocenters. The maximum absolute atomic E-state index is 11.7. The zero-order chi connectivity index (χ0) is 13.8. The Morgan fingerprint density at radius 1 is 1.47 bits per heavy atom. The van der Waals surface area contributed by atoms with E-state index in [2.05, 4.69) is 15.3 Å². The molecule has 19 heavy (non-hydrogen) atoms. The maximum atomic E-state index is 11.7. The number of imidazole rings is 1. The number of aliphatic hydroxyl groups is 1. The van der Waals surface area contributed by atoms with E-state index in [9.17, 15) is 9.59 Å². The molecule has 0 bridgehead atoms. The van der Waals surface area contributed by atoms with Gasteiger partial charge in [0.15, 0.2) is 0 Å². The first-order valence-electron chi connectivity index (χ1n) is 5.72. The van der Waals surface area contributed by atoms with Crippen molar-refractivity contribution in [2.24, 2.45) is 0 Å². The number of hydrogen-bond donors (Lipinski definition) is 3. The van der Waals surface area contributed by atoms with Crippen LogP contribution in [0.4, 0.5) is 5.69 Å². The second-order valence-electron chi connectivity index (χ2n) is 4.04. The third-order valence-electron chi connectivity index (χ3n) is 2.65. The number of fused-ring (bicyclic) bond motifs is 1. The molecule has 3 N–H and O–H groups in total. The van der Waals surface area contributed by atoms with Crippen LogP contribution in [-0.2, 0) is 9.59 Å². The lowest BCUT2D eigenvalue weighted by atomic mass is 10.2. The molecular weight excluding hydrogens is 248 g/mol. The third kappa shape index (κ3) is 2.89. The monoisotopic (exact) mass is 262 g/mol. The molecule has 1 aromatic heterocycles. The van der Waals surface area contributed by atoms with Crippen LogP contribution in [0.15, 0.2) is 24.5 Å². The van der Waals surface area contributed by atoms with E-state index in [0.717, 1.165) is 15.9 Å². The largest absolute Gasteiger partial charge is 0.395 e. The van der Waals surface area contributed by atoms with Crippen LogP contribution in [0.25, 0.3) is 11.0 Å². The van der Waals surface area contributed by atoms with Crippen molar-refractivity contribution < 1.29 is 14.7 Å². The number of carbonyl (C=O) groups excluding carboxylic acids is 2. The zero-order valence-electron chi connectivity index (χ0n) is 10.4. The van der Waals surface area contributed by atoms with Crippen molar-refractivity contribution in [3.05, 3.63) is 24.5 Å². The smallest absolute Gasteiger partial charge is 0.313 e. The van der Waals surface area contributed by atoms with Crippen molar-refractivity contribution in [2.45, 2.75) is 0 Å². The number of aromatic amines is 1. The molecule has 0 saturated heterocycles. The summed E-state index contributed by atoms with van der Waals surface area (Å²) in [6.07, 6.45) is 1.55. The Balaban J connectivity index is 2.07. The minimum Gasteiger partial charge on any atom is -0.395 e. The van der Waals surface area contributed by atoms with Gasteiger partial charge in [0.05, 0.1) is 24.0 Å². The number of nitrogens with one attached hydrogen (secondary N) is 2. The van der Waals surface area contributed by atoms with Crippen LogP contribution in [0, 0.1) is 0 Å². The van der Waals surface area contributed by atoms with Crippen molar-refractivity contribution in [3.63, 3.8) is 0 Å². The Morgan fingerprint density at radius 2 is 2.26 bits per heavy atom. The fraction of sp³-hybridized carbons (Fsp3) is 0.250. The number of aromatic nitrogens is 2. The van der Waals surface area contributed by atoms with E-state index < -0.39 is 11.8 Å². The summed E-state index contributed by atoms with van der Waals surface area (Å²) in [4.78, 5) is 31.5. The molecule has 2 amide bonds. The number of H-pyrrole nitrogens is 1. The van der Waals surface area contributed by atoms with Gasteiger partial charge in [-0.3, -0.25) is 9.59 Å². The summed E-state index contributed by atoms with van der Waals surface area (Å²) in [5.41, 5.74) is 2.06. The zero-order valence-corrected chi connectivity index (χ0v) is 10.4. The van der Waals surface area contributed by atoms with E-state index in [-0.39, 0.29) is 13.2 Å². The Hall–Kier alpha value is -2.41. The number of nitrogens with zero attached hydrogens (tertiary/aromatic N) is 2. The van der Waals surface area contributed by atoms with E-state index in [1.807, 2.05) is 0 Å². The fourth-order valence-corrected chi connectivity index (χ4v) is 1.62. The molecule has 0 radical (unpaired) electrons. The van der Waals surface area contributed by atoms with Crippen molar-refractivity contribution in [1.29, 1.82) is 0 Å². The molecular formula is C12H14N4O3. The molecule has 0 aliphatic rings. The average Bonchev–Trinajstić information content (AvgIpc) is 2.85. The van der Waals surface area contributed by atoms with Gasteiger partial charge in [0, 0.05) is 19.3 Å². The van der Waals surface area contributed by atoms with Gasteiger partial charge in [0.1, 0.15) is 0 Å². The van der Waals surface area contributed by atoms with E-state index in [1.54, 1.807) is 24.5 Å². The third-order valence-corrected chi connectivity index (χ3v) is 2.65. The summed E-state index contributed by atoms with van der Waals surface area (Å²) in [5.74, 6) is -1.44. The highest BCUT2D eigenvalue weighted by Crippen LogP contribution is 2.15. The Bertz CT molecular complexity index is 608. The van der Waals surface area contributed by atoms with Gasteiger partial charge in [-0.2, -0.15) is 0 Å². The number of anilines is 1. The molecule has 0 spiro atoms. The minimum atomic E-state index is -0.741. The van der Waals surface area contributed by atoms with Crippen LogP contribution < -0.4 is 5.32 Å². The number of aliphatic hydroxyl groups excluding tert-OH is 1. The van der Waals surface area contributed by atoms with Crippen LogP contribution in [0.3, 0.4) is 0 Å². The van der Waals surface area contributed by atoms with Gasteiger partial charge >= 0.3 is 11.8 Å². The van der Waals surface area contributed by atoms with Gasteiger partial charge in [-0.1, -0.05) is 0 Å². The van der Waals surface area contributed by atoms with E-state index in [4.69, 9.17) is 5.11 Å². The van der Waals surface area contributed by atoms with Crippen molar-refractivity contribution in [3.8, 4) is 0 Å². The minimum absolute atomic E-state index is 0.117. The quantitative estimate of drug-likeness (QED) is 0.675. The Labute approximate surface area is 109 Å². The summed E-state index contributed by atoms with van der Waals surface area (Å²) in [6, 6.07) is 5.10. The topological polar surface area (TPSA) is 98.3 Å². The predicted octanol–water partition coefficient (Wildman–Crippen LogP) is -0.0479. The highest BCUT2D eigenvalue weighted by atomic mass is 16.3. The van der Waals surface area contributed by atoms with Gasteiger partial charge in [-0.15, -0.1) is 0 Å². The number of carbonyl (C=O) groups is 2. The van der Waals surface area contributed by atoms with Crippen molar-refractivity contribution >= 4 is 28.5 Å². The summed E-state index contributed by atoms with van der Waals surface area (Å²) < 4.78 is 0. The lowest BCUT2D eigenvalue weighted by molar-refractivity contribution is -0.142. The SMILES string of the molecule is CN(CCO)C(=O)C(=O)Nc1ccc2nc[nH]c2c1. The highest BCUT2D eigenvalue weighted by molar-refractivity contribution is 6.39. The summed E-state index contributed by atoms with van der Waals surface area (Å²) in [5, 5.41) is 11.2. The van der Waals surface area contributed by atoms with Crippen LogP contribution >= 0.6 is 0 Å². The predicted molar refractivity (Wildman–Crippen MR) is 69.4 cm³/mol. The summed E-state index contributed by atoms with van der Waals surface area (Å²) >= 11 is 0. The molecule has 100 valence electrons. The van der Waals surface area contributed by atoms with Crippen LogP contribution in [0.2, 0.25) is 0 Å². The lowest BCUT2D eigenvalue weighted by Crippen LogP contribution is -2.38. The first-order valence-corrected chi connectivity index (χ1v) is 5.72. The number of hydrogen-bond acceptors (Lipinski definition) is 4. The molecule has 7 heteroatoms. The number of amides is 2. The first kappa shape index (κ1) is 13.0. The van der Waals surface area contributed by atoms with Crippen LogP contribution in [0.1, 0.15) is 0 Å². The second-order valence-corrected chi connectivity index (χ2v) is 4.04. The molecule has 0 fully saturated rings. The molecule has 7 nitrogen and oxygen atoms in total. The highest BCUT2D eigenvalue weighted by Gasteiger charge is 2.18. The molecule has 2 aromatic rings. The number of benzene rings is 1. The molecule has 1 aromatic carbocycles. The Kier molecular flexibility index (Phi) is 3.76. The van der Waals surface area contributed by atoms with Crippen molar-refractivity contribution in [2.75, 3.05) is 25.5 Å². The first-order chi connectivity index (χ1) is 9.11. The Morgan fingerprint density at radius 3 is 3.00 bits per heavy atom. The number of likely N-dealkylation sites (N-methyl/N-ethyl adjacent to an activating group) is 1. The van der Waals surface area contributed by atoms with Crippen molar-refractivity contribution in [1.82, 2.24) is 14.9 Å². The molecule has 0 unspecified atom stereocenters. The molecule has 0 aliphatic carbocycles. The number of rotatable bonds is 3. The molecule has 1 heterocycles. The fourth-order valence-electron chi connectivity index (χ4n) is 1.62. The van der Waals surface area contributed by atoms with Gasteiger partial charge in [0.25, 0.3) is 0 Å². The van der Waals surface area contributed by atoms with Gasteiger partial charge in [-0.05, 0) is 18.2 Å². The van der Waals surface area contributed by atoms with Gasteiger partial charge < -0.3 is 20.3 Å². The molecule has 0 aliphatic heterocycles. The normalized spacial score (nSPS) is 10.4. The standard InChI is InChI=1S/C12H14N4O3/c1-16(4-5-17)12(19)11(18)15-8-2-3-9-10(6-8)14-7-13-9/h2-3,6-7,17H,4-5H2,1H3,(H,13,14)(H,15,18). The van der Waals surface area contributed by atoms with Gasteiger partial charge in [-0.25, -0.2) is 4.98 Å². The van der Waals surface area contributed by atoms with Crippen LogP contribution in [0.5, 0.6) is 0 Å². The average molecular weight is 262 g/mol. The van der Waals surface area contributed by atoms with E-state index in [1.165, 1.54) is 7.05 Å². The molecule has 0 saturated carbocycles. The van der Waals surface area contributed by atoms with E-state index in [0.29, 0.717) is 5.69 Å². The molecule has 2 rings (SSSR count). The summed E-state index contributed by atoms with van der Waals surface area (Å²) in [6.45, 7) is -0.0680. The lowest BCUT2D eigenvalue weighted by Gasteiger charge is -2.14. The van der Waals surface area contributed by atoms with E-state index >= 15 is 0 Å².